The summed E-state index contributed by atoms with van der Waals surface area (Å²) in [7, 11) is 0. The van der Waals surface area contributed by atoms with Gasteiger partial charge in [0, 0.05) is 30.1 Å². The van der Waals surface area contributed by atoms with Gasteiger partial charge in [0.2, 0.25) is 6.10 Å². The molecule has 3 aromatic rings. The molecule has 1 amide bonds. The molecular weight excluding hydrogens is 409 g/mol. The smallest absolute Gasteiger partial charge is 0.268 e. The molecule has 2 atom stereocenters. The van der Waals surface area contributed by atoms with Crippen molar-refractivity contribution in [2.75, 3.05) is 5.32 Å². The number of rotatable bonds is 5. The average molecular weight is 428 g/mol. The third kappa shape index (κ3) is 4.94. The van der Waals surface area contributed by atoms with Crippen LogP contribution in [0, 0.1) is 0 Å². The summed E-state index contributed by atoms with van der Waals surface area (Å²) < 4.78 is 0. The molecule has 0 spiro atoms. The molecule has 5 nitrogen and oxygen atoms in total. The van der Waals surface area contributed by atoms with Crippen LogP contribution in [0.2, 0.25) is 0 Å². The van der Waals surface area contributed by atoms with Gasteiger partial charge in [0.05, 0.1) is 11.1 Å². The summed E-state index contributed by atoms with van der Waals surface area (Å²) >= 11 is 6.54. The van der Waals surface area contributed by atoms with E-state index in [1.165, 1.54) is 0 Å². The summed E-state index contributed by atoms with van der Waals surface area (Å²) in [4.78, 5) is 21.8. The van der Waals surface area contributed by atoms with E-state index in [1.807, 2.05) is 66.7 Å². The zero-order valence-electron chi connectivity index (χ0n) is 15.4. The van der Waals surface area contributed by atoms with Crippen molar-refractivity contribution >= 4 is 41.3 Å². The number of hydrogen-bond donors (Lipinski definition) is 1. The number of alkyl halides is 1. The molecule has 0 saturated carbocycles. The average Bonchev–Trinajstić information content (AvgIpc) is 3.26. The van der Waals surface area contributed by atoms with Gasteiger partial charge in [0.15, 0.2) is 0 Å². The van der Waals surface area contributed by atoms with Crippen LogP contribution in [-0.2, 0) is 9.63 Å². The number of amides is 1. The Hall–Kier alpha value is -2.89. The first-order valence-electron chi connectivity index (χ1n) is 8.93. The lowest BCUT2D eigenvalue weighted by atomic mass is 10.0. The number of halogens is 2. The second-order valence-corrected chi connectivity index (χ2v) is 6.90. The molecule has 0 bridgehead atoms. The lowest BCUT2D eigenvalue weighted by molar-refractivity contribution is -0.125. The number of benzene rings is 2. The minimum Gasteiger partial charge on any atom is -0.382 e. The third-order valence-electron chi connectivity index (χ3n) is 4.52. The monoisotopic (exact) mass is 427 g/mol. The topological polar surface area (TPSA) is 63.6 Å². The maximum Gasteiger partial charge on any atom is 0.268 e. The minimum absolute atomic E-state index is 0. The van der Waals surface area contributed by atoms with Crippen LogP contribution in [-0.4, -0.2) is 22.7 Å². The summed E-state index contributed by atoms with van der Waals surface area (Å²) in [5.41, 5.74) is 4.25. The number of carbonyl (C=O) groups excluding carboxylic acids is 1. The first-order chi connectivity index (χ1) is 13.7. The van der Waals surface area contributed by atoms with E-state index in [1.54, 1.807) is 12.4 Å². The van der Waals surface area contributed by atoms with Gasteiger partial charge < -0.3 is 10.2 Å². The van der Waals surface area contributed by atoms with Crippen LogP contribution in [0.25, 0.3) is 0 Å². The van der Waals surface area contributed by atoms with Gasteiger partial charge in [0.1, 0.15) is 0 Å². The highest BCUT2D eigenvalue weighted by Gasteiger charge is 2.29. The third-order valence-corrected chi connectivity index (χ3v) is 5.02. The molecule has 4 rings (SSSR count). The maximum absolute atomic E-state index is 12.5. The maximum atomic E-state index is 12.5. The molecule has 148 valence electrons. The highest BCUT2D eigenvalue weighted by atomic mass is 35.5. The molecule has 0 aliphatic carbocycles. The van der Waals surface area contributed by atoms with E-state index >= 15 is 0 Å². The van der Waals surface area contributed by atoms with Crippen LogP contribution in [0.3, 0.4) is 0 Å². The van der Waals surface area contributed by atoms with E-state index in [2.05, 4.69) is 15.5 Å². The van der Waals surface area contributed by atoms with Crippen molar-refractivity contribution in [3.8, 4) is 0 Å². The minimum atomic E-state index is -0.653. The highest BCUT2D eigenvalue weighted by molar-refractivity contribution is 6.22. The van der Waals surface area contributed by atoms with Crippen molar-refractivity contribution in [1.29, 1.82) is 0 Å². The molecule has 0 radical (unpaired) electrons. The van der Waals surface area contributed by atoms with Crippen LogP contribution < -0.4 is 5.32 Å². The van der Waals surface area contributed by atoms with Gasteiger partial charge in [-0.2, -0.15) is 0 Å². The number of carbonyl (C=O) groups is 1. The summed E-state index contributed by atoms with van der Waals surface area (Å²) in [6.45, 7) is 0. The highest BCUT2D eigenvalue weighted by Crippen LogP contribution is 2.29. The van der Waals surface area contributed by atoms with E-state index in [9.17, 15) is 4.79 Å². The van der Waals surface area contributed by atoms with Gasteiger partial charge in [-0.3, -0.25) is 9.78 Å². The molecule has 1 aromatic heterocycles. The predicted octanol–water partition coefficient (Wildman–Crippen LogP) is 4.96. The van der Waals surface area contributed by atoms with Gasteiger partial charge in [-0.25, -0.2) is 0 Å². The van der Waals surface area contributed by atoms with Crippen molar-refractivity contribution in [2.45, 2.75) is 17.9 Å². The molecule has 1 unspecified atom stereocenters. The summed E-state index contributed by atoms with van der Waals surface area (Å²) in [6, 6.07) is 21.1. The summed E-state index contributed by atoms with van der Waals surface area (Å²) in [6.07, 6.45) is 3.15. The molecular formula is C22H19Cl2N3O2. The normalized spacial score (nSPS) is 16.2. The van der Waals surface area contributed by atoms with Crippen molar-refractivity contribution < 1.29 is 9.63 Å². The predicted molar refractivity (Wildman–Crippen MR) is 117 cm³/mol. The number of oxime groups is 1. The zero-order chi connectivity index (χ0) is 19.3. The largest absolute Gasteiger partial charge is 0.382 e. The van der Waals surface area contributed by atoms with Crippen molar-refractivity contribution in [3.05, 3.63) is 95.8 Å². The van der Waals surface area contributed by atoms with Crippen molar-refractivity contribution in [3.63, 3.8) is 0 Å². The Morgan fingerprint density at radius 3 is 2.45 bits per heavy atom. The number of anilines is 1. The molecule has 1 aliphatic heterocycles. The summed E-state index contributed by atoms with van der Waals surface area (Å²) in [5, 5.41) is 6.65. The fourth-order valence-corrected chi connectivity index (χ4v) is 3.29. The number of aromatic nitrogens is 1. The van der Waals surface area contributed by atoms with Gasteiger partial charge >= 0.3 is 0 Å². The van der Waals surface area contributed by atoms with E-state index < -0.39 is 6.10 Å². The van der Waals surface area contributed by atoms with Crippen molar-refractivity contribution in [2.24, 2.45) is 5.16 Å². The summed E-state index contributed by atoms with van der Waals surface area (Å²) in [5.74, 6) is -0.235. The Labute approximate surface area is 180 Å². The second kappa shape index (κ2) is 9.54. The molecule has 2 aromatic carbocycles. The van der Waals surface area contributed by atoms with Crippen LogP contribution in [0.4, 0.5) is 5.69 Å². The number of pyridine rings is 1. The standard InChI is InChI=1S/C22H18ClN3O2.ClH/c23-21(15-5-2-1-3-6-15)16-8-10-18(11-9-16)25-22(27)20-13-19(26-28-20)17-7-4-12-24-14-17;/h1-12,14,20-21H,13H2,(H,25,27);1H/t20-,21?;/m0./s1. The van der Waals surface area contributed by atoms with Crippen LogP contribution in [0.1, 0.15) is 28.5 Å². The SMILES string of the molecule is Cl.O=C(Nc1ccc(C(Cl)c2ccccc2)cc1)[C@@H]1CC(c2cccnc2)=NO1. The van der Waals surface area contributed by atoms with E-state index in [0.29, 0.717) is 12.1 Å². The lowest BCUT2D eigenvalue weighted by Gasteiger charge is -2.13. The van der Waals surface area contributed by atoms with E-state index in [-0.39, 0.29) is 23.7 Å². The Morgan fingerprint density at radius 2 is 1.76 bits per heavy atom. The molecule has 2 heterocycles. The van der Waals surface area contributed by atoms with Gasteiger partial charge in [-0.05, 0) is 35.4 Å². The fourth-order valence-electron chi connectivity index (χ4n) is 2.99. The van der Waals surface area contributed by atoms with Crippen LogP contribution >= 0.6 is 24.0 Å². The van der Waals surface area contributed by atoms with Gasteiger partial charge in [-0.15, -0.1) is 24.0 Å². The van der Waals surface area contributed by atoms with Crippen LogP contribution in [0.15, 0.2) is 84.3 Å². The first-order valence-corrected chi connectivity index (χ1v) is 9.37. The van der Waals surface area contributed by atoms with E-state index in [4.69, 9.17) is 16.4 Å². The first kappa shape index (κ1) is 20.8. The number of hydrogen-bond acceptors (Lipinski definition) is 4. The van der Waals surface area contributed by atoms with Crippen LogP contribution in [0.5, 0.6) is 0 Å². The molecule has 0 saturated heterocycles. The lowest BCUT2D eigenvalue weighted by Crippen LogP contribution is -2.28. The number of nitrogens with one attached hydrogen (secondary N) is 1. The molecule has 29 heavy (non-hydrogen) atoms. The molecule has 0 fully saturated rings. The number of nitrogens with zero attached hydrogens (tertiary/aromatic N) is 2. The molecule has 1 N–H and O–H groups in total. The van der Waals surface area contributed by atoms with Crippen molar-refractivity contribution in [1.82, 2.24) is 4.98 Å². The molecule has 7 heteroatoms. The quantitative estimate of drug-likeness (QED) is 0.584. The van der Waals surface area contributed by atoms with Gasteiger partial charge in [-0.1, -0.05) is 47.6 Å². The second-order valence-electron chi connectivity index (χ2n) is 6.46. The Morgan fingerprint density at radius 1 is 1.03 bits per heavy atom. The molecule has 1 aliphatic rings. The Balaban J connectivity index is 0.00000240. The fraction of sp³-hybridized carbons (Fsp3) is 0.136. The Kier molecular flexibility index (Phi) is 6.86. The Bertz CT molecular complexity index is 980. The zero-order valence-corrected chi connectivity index (χ0v) is 16.9. The van der Waals surface area contributed by atoms with Gasteiger partial charge in [0.25, 0.3) is 5.91 Å². The van der Waals surface area contributed by atoms with E-state index in [0.717, 1.165) is 22.4 Å².